The minimum Gasteiger partial charge on any atom is -0.378 e. The lowest BCUT2D eigenvalue weighted by atomic mass is 10.2. The number of rotatable bonds is 4. The molecule has 0 fully saturated rings. The number of anilines is 2. The van der Waals surface area contributed by atoms with Gasteiger partial charge in [0.1, 0.15) is 5.15 Å². The van der Waals surface area contributed by atoms with Crippen LogP contribution in [0.4, 0.5) is 11.5 Å². The number of nitrogens with one attached hydrogen (secondary N) is 1. The van der Waals surface area contributed by atoms with Gasteiger partial charge in [-0.25, -0.2) is 4.98 Å². The second-order valence-electron chi connectivity index (χ2n) is 4.45. The van der Waals surface area contributed by atoms with Gasteiger partial charge in [0.2, 0.25) is 0 Å². The molecule has 0 aliphatic heterocycles. The smallest absolute Gasteiger partial charge is 0.166 e. The number of halogens is 3. The maximum Gasteiger partial charge on any atom is 0.166 e. The van der Waals surface area contributed by atoms with E-state index in [9.17, 15) is 0 Å². The van der Waals surface area contributed by atoms with Crippen LogP contribution in [0.1, 0.15) is 5.56 Å². The summed E-state index contributed by atoms with van der Waals surface area (Å²) in [5.41, 5.74) is 4.81. The largest absolute Gasteiger partial charge is 0.378 e. The van der Waals surface area contributed by atoms with Crippen LogP contribution in [-0.4, -0.2) is 25.3 Å². The molecule has 7 heteroatoms. The van der Waals surface area contributed by atoms with Gasteiger partial charge in [0.25, 0.3) is 0 Å². The molecule has 0 unspecified atom stereocenters. The van der Waals surface area contributed by atoms with Crippen molar-refractivity contribution in [1.82, 2.24) is 4.98 Å². The van der Waals surface area contributed by atoms with Crippen molar-refractivity contribution in [2.24, 2.45) is 5.10 Å². The Morgan fingerprint density at radius 3 is 2.38 bits per heavy atom. The highest BCUT2D eigenvalue weighted by Gasteiger charge is 2.06. The fourth-order valence-electron chi connectivity index (χ4n) is 1.55. The Kier molecular flexibility index (Phi) is 5.28. The van der Waals surface area contributed by atoms with Gasteiger partial charge in [0.05, 0.1) is 16.3 Å². The molecule has 0 aliphatic rings. The number of hydrogen-bond donors (Lipinski definition) is 1. The molecular weight excluding hydrogens is 331 g/mol. The van der Waals surface area contributed by atoms with Gasteiger partial charge in [-0.1, -0.05) is 46.9 Å². The maximum absolute atomic E-state index is 5.99. The van der Waals surface area contributed by atoms with Crippen LogP contribution in [-0.2, 0) is 0 Å². The maximum atomic E-state index is 5.99. The Balaban J connectivity index is 2.07. The monoisotopic (exact) mass is 342 g/mol. The Morgan fingerprint density at radius 1 is 1.10 bits per heavy atom. The van der Waals surface area contributed by atoms with Crippen molar-refractivity contribution in [3.63, 3.8) is 0 Å². The quantitative estimate of drug-likeness (QED) is 0.503. The molecule has 0 aliphatic carbocycles. The van der Waals surface area contributed by atoms with Crippen molar-refractivity contribution in [2.75, 3.05) is 24.4 Å². The highest BCUT2D eigenvalue weighted by molar-refractivity contribution is 6.42. The van der Waals surface area contributed by atoms with Crippen molar-refractivity contribution >= 4 is 52.5 Å². The van der Waals surface area contributed by atoms with E-state index in [1.165, 1.54) is 6.07 Å². The minimum absolute atomic E-state index is 0.175. The molecule has 0 spiro atoms. The highest BCUT2D eigenvalue weighted by Crippen LogP contribution is 2.28. The number of nitrogens with zero attached hydrogens (tertiary/aromatic N) is 3. The van der Waals surface area contributed by atoms with Crippen molar-refractivity contribution in [3.05, 3.63) is 51.1 Å². The Morgan fingerprint density at radius 2 is 1.76 bits per heavy atom. The van der Waals surface area contributed by atoms with E-state index in [-0.39, 0.29) is 5.15 Å². The molecule has 0 atom stereocenters. The standard InChI is InChI=1S/C14H13Cl3N4/c1-21(2)10-5-3-9(4-6-10)8-18-20-14-12(16)7-11(15)13(17)19-14/h3-8H,1-2H3,(H,19,20)/b18-8-. The third kappa shape index (κ3) is 4.24. The average molecular weight is 344 g/mol. The summed E-state index contributed by atoms with van der Waals surface area (Å²) < 4.78 is 0. The van der Waals surface area contributed by atoms with Crippen molar-refractivity contribution in [2.45, 2.75) is 0 Å². The number of pyridine rings is 1. The molecule has 2 rings (SSSR count). The second-order valence-corrected chi connectivity index (χ2v) is 5.62. The van der Waals surface area contributed by atoms with Crippen molar-refractivity contribution in [1.29, 1.82) is 0 Å². The number of aromatic nitrogens is 1. The summed E-state index contributed by atoms with van der Waals surface area (Å²) in [7, 11) is 3.98. The predicted molar refractivity (Wildman–Crippen MR) is 91.3 cm³/mol. The van der Waals surface area contributed by atoms with Gasteiger partial charge < -0.3 is 4.90 Å². The summed E-state index contributed by atoms with van der Waals surface area (Å²) in [5, 5.41) is 4.91. The van der Waals surface area contributed by atoms with Crippen LogP contribution < -0.4 is 10.3 Å². The lowest BCUT2D eigenvalue weighted by molar-refractivity contribution is 1.13. The van der Waals surface area contributed by atoms with Crippen LogP contribution in [0.3, 0.4) is 0 Å². The molecule has 0 saturated carbocycles. The lowest BCUT2D eigenvalue weighted by Crippen LogP contribution is -2.08. The summed E-state index contributed by atoms with van der Waals surface area (Å²) in [5.74, 6) is 0.354. The topological polar surface area (TPSA) is 40.5 Å². The van der Waals surface area contributed by atoms with Gasteiger partial charge in [-0.2, -0.15) is 5.10 Å². The van der Waals surface area contributed by atoms with Gasteiger partial charge in [-0.05, 0) is 23.8 Å². The van der Waals surface area contributed by atoms with E-state index in [1.54, 1.807) is 6.21 Å². The number of hydrazone groups is 1. The van der Waals surface area contributed by atoms with E-state index in [2.05, 4.69) is 15.5 Å². The first kappa shape index (κ1) is 15.9. The van der Waals surface area contributed by atoms with E-state index in [0.717, 1.165) is 11.3 Å². The third-order valence-electron chi connectivity index (χ3n) is 2.68. The zero-order chi connectivity index (χ0) is 15.4. The van der Waals surface area contributed by atoms with Gasteiger partial charge in [0, 0.05) is 19.8 Å². The van der Waals surface area contributed by atoms with Crippen LogP contribution in [0.25, 0.3) is 0 Å². The zero-order valence-corrected chi connectivity index (χ0v) is 13.7. The van der Waals surface area contributed by atoms with Gasteiger partial charge >= 0.3 is 0 Å². The molecule has 1 aromatic carbocycles. The molecule has 4 nitrogen and oxygen atoms in total. The van der Waals surface area contributed by atoms with Crippen molar-refractivity contribution in [3.8, 4) is 0 Å². The molecule has 1 aromatic heterocycles. The molecular formula is C14H13Cl3N4. The molecule has 21 heavy (non-hydrogen) atoms. The van der Waals surface area contributed by atoms with Gasteiger partial charge in [0.15, 0.2) is 5.82 Å². The minimum atomic E-state index is 0.175. The first-order chi connectivity index (χ1) is 9.97. The van der Waals surface area contributed by atoms with Crippen LogP contribution in [0, 0.1) is 0 Å². The molecule has 1 N–H and O–H groups in total. The van der Waals surface area contributed by atoms with Crippen LogP contribution in [0.2, 0.25) is 15.2 Å². The molecule has 0 bridgehead atoms. The number of benzene rings is 1. The normalized spacial score (nSPS) is 10.9. The van der Waals surface area contributed by atoms with Gasteiger partial charge in [-0.15, -0.1) is 0 Å². The van der Waals surface area contributed by atoms with E-state index in [4.69, 9.17) is 34.8 Å². The third-order valence-corrected chi connectivity index (χ3v) is 3.64. The fraction of sp³-hybridized carbons (Fsp3) is 0.143. The van der Waals surface area contributed by atoms with E-state index in [0.29, 0.717) is 15.9 Å². The summed E-state index contributed by atoms with van der Waals surface area (Å²) >= 11 is 17.6. The average Bonchev–Trinajstić information content (AvgIpc) is 2.45. The summed E-state index contributed by atoms with van der Waals surface area (Å²) in [4.78, 5) is 6.04. The molecule has 0 amide bonds. The van der Waals surface area contributed by atoms with E-state index < -0.39 is 0 Å². The summed E-state index contributed by atoms with van der Waals surface area (Å²) in [6.07, 6.45) is 1.67. The van der Waals surface area contributed by atoms with Gasteiger partial charge in [-0.3, -0.25) is 5.43 Å². The molecule has 110 valence electrons. The molecule has 2 aromatic rings. The lowest BCUT2D eigenvalue weighted by Gasteiger charge is -2.11. The Hall–Kier alpha value is -1.49. The van der Waals surface area contributed by atoms with E-state index in [1.807, 2.05) is 43.3 Å². The predicted octanol–water partition coefficient (Wildman–Crippen LogP) is 4.55. The number of hydrogen-bond acceptors (Lipinski definition) is 4. The van der Waals surface area contributed by atoms with Crippen LogP contribution in [0.15, 0.2) is 35.4 Å². The SMILES string of the molecule is CN(C)c1ccc(/C=N\Nc2nc(Cl)c(Cl)cc2Cl)cc1. The molecule has 1 heterocycles. The molecule has 0 radical (unpaired) electrons. The van der Waals surface area contributed by atoms with E-state index >= 15 is 0 Å². The Bertz CT molecular complexity index is 654. The molecule has 0 saturated heterocycles. The summed E-state index contributed by atoms with van der Waals surface area (Å²) in [6, 6.07) is 9.45. The summed E-state index contributed by atoms with van der Waals surface area (Å²) in [6.45, 7) is 0. The first-order valence-electron chi connectivity index (χ1n) is 6.05. The van der Waals surface area contributed by atoms with Crippen molar-refractivity contribution < 1.29 is 0 Å². The fourth-order valence-corrected chi connectivity index (χ4v) is 2.09. The Labute approximate surface area is 138 Å². The zero-order valence-electron chi connectivity index (χ0n) is 11.4. The second kappa shape index (κ2) is 6.98. The van der Waals surface area contributed by atoms with Crippen LogP contribution >= 0.6 is 34.8 Å². The van der Waals surface area contributed by atoms with Crippen LogP contribution in [0.5, 0.6) is 0 Å². The highest BCUT2D eigenvalue weighted by atomic mass is 35.5. The first-order valence-corrected chi connectivity index (χ1v) is 7.19.